The van der Waals surface area contributed by atoms with Gasteiger partial charge in [-0.25, -0.2) is 0 Å². The van der Waals surface area contributed by atoms with E-state index in [1.54, 1.807) is 0 Å². The maximum atomic E-state index is 11.4. The van der Waals surface area contributed by atoms with Gasteiger partial charge < -0.3 is 5.32 Å². The summed E-state index contributed by atoms with van der Waals surface area (Å²) >= 11 is 0. The van der Waals surface area contributed by atoms with Gasteiger partial charge in [0.2, 0.25) is 0 Å². The molecule has 80 valence electrons. The molecular weight excluding hydrogens is 174 g/mol. The molecular formula is C12H21NO. The van der Waals surface area contributed by atoms with E-state index in [0.717, 1.165) is 25.0 Å². The van der Waals surface area contributed by atoms with Crippen molar-refractivity contribution in [2.75, 3.05) is 7.05 Å². The van der Waals surface area contributed by atoms with Crippen molar-refractivity contribution in [3.63, 3.8) is 0 Å². The van der Waals surface area contributed by atoms with Crippen LogP contribution in [-0.4, -0.2) is 12.8 Å². The van der Waals surface area contributed by atoms with Crippen molar-refractivity contribution in [1.29, 1.82) is 0 Å². The van der Waals surface area contributed by atoms with Gasteiger partial charge in [-0.05, 0) is 18.9 Å². The molecule has 0 radical (unpaired) electrons. The van der Waals surface area contributed by atoms with Gasteiger partial charge >= 0.3 is 0 Å². The third-order valence-electron chi connectivity index (χ3n) is 2.02. The number of carbonyl (C=O) groups excluding carboxylic acids is 1. The molecule has 0 unspecified atom stereocenters. The van der Waals surface area contributed by atoms with E-state index in [2.05, 4.69) is 18.8 Å². The second-order valence-corrected chi connectivity index (χ2v) is 3.37. The van der Waals surface area contributed by atoms with Gasteiger partial charge in [-0.3, -0.25) is 4.79 Å². The fourth-order valence-corrected chi connectivity index (χ4v) is 1.22. The fraction of sp³-hybridized carbons (Fsp3) is 0.583. The summed E-state index contributed by atoms with van der Waals surface area (Å²) in [5, 5.41) is 3.08. The lowest BCUT2D eigenvalue weighted by molar-refractivity contribution is -0.115. The molecule has 0 amide bonds. The molecule has 0 aromatic carbocycles. The van der Waals surface area contributed by atoms with Crippen LogP contribution in [0.2, 0.25) is 0 Å². The maximum Gasteiger partial charge on any atom is 0.162 e. The van der Waals surface area contributed by atoms with Crippen LogP contribution in [0.1, 0.15) is 39.5 Å². The van der Waals surface area contributed by atoms with Gasteiger partial charge in [0.15, 0.2) is 5.78 Å². The zero-order chi connectivity index (χ0) is 11.0. The molecule has 0 spiro atoms. The minimum Gasteiger partial charge on any atom is -0.391 e. The number of carbonyl (C=O) groups is 1. The molecule has 0 fully saturated rings. The van der Waals surface area contributed by atoms with Crippen molar-refractivity contribution in [2.24, 2.45) is 0 Å². The molecule has 2 nitrogen and oxygen atoms in total. The first kappa shape index (κ1) is 12.9. The van der Waals surface area contributed by atoms with E-state index < -0.39 is 0 Å². The molecule has 1 N–H and O–H groups in total. The van der Waals surface area contributed by atoms with Crippen LogP contribution in [0.25, 0.3) is 0 Å². The van der Waals surface area contributed by atoms with Gasteiger partial charge in [0, 0.05) is 24.7 Å². The van der Waals surface area contributed by atoms with E-state index in [1.807, 2.05) is 20.0 Å². The topological polar surface area (TPSA) is 29.1 Å². The van der Waals surface area contributed by atoms with E-state index in [9.17, 15) is 4.79 Å². The minimum absolute atomic E-state index is 0.149. The van der Waals surface area contributed by atoms with Crippen LogP contribution in [0.15, 0.2) is 23.9 Å². The number of allylic oxidation sites excluding steroid dienone is 3. The lowest BCUT2D eigenvalue weighted by atomic mass is 10.1. The zero-order valence-corrected chi connectivity index (χ0v) is 9.52. The molecule has 0 saturated heterocycles. The van der Waals surface area contributed by atoms with E-state index >= 15 is 0 Å². The highest BCUT2D eigenvalue weighted by atomic mass is 16.1. The van der Waals surface area contributed by atoms with E-state index in [1.165, 1.54) is 0 Å². The molecule has 0 bridgehead atoms. The van der Waals surface area contributed by atoms with Crippen LogP contribution < -0.4 is 5.32 Å². The summed E-state index contributed by atoms with van der Waals surface area (Å²) in [4.78, 5) is 11.4. The van der Waals surface area contributed by atoms with Crippen molar-refractivity contribution in [3.05, 3.63) is 23.9 Å². The fourth-order valence-electron chi connectivity index (χ4n) is 1.22. The Morgan fingerprint density at radius 2 is 1.86 bits per heavy atom. The molecule has 0 aliphatic carbocycles. The maximum absolute atomic E-state index is 11.4. The average Bonchev–Trinajstić information content (AvgIpc) is 2.17. The molecule has 0 aliphatic heterocycles. The largest absolute Gasteiger partial charge is 0.391 e. The standard InChI is InChI=1S/C12H21NO/c1-5-7-11(13-4)9-10(3)12(14)8-6-2/h9,13H,3,5-8H2,1-2,4H3/b11-9-. The summed E-state index contributed by atoms with van der Waals surface area (Å²) in [6, 6.07) is 0. The SMILES string of the molecule is C=C(/C=C(/CCC)NC)C(=O)CCC. The zero-order valence-electron chi connectivity index (χ0n) is 9.52. The normalized spacial score (nSPS) is 11.2. The van der Waals surface area contributed by atoms with Gasteiger partial charge in [-0.15, -0.1) is 0 Å². The first-order valence-corrected chi connectivity index (χ1v) is 5.26. The first-order chi connectivity index (χ1) is 6.65. The predicted octanol–water partition coefficient (Wildman–Crippen LogP) is 2.82. The highest BCUT2D eigenvalue weighted by Crippen LogP contribution is 2.07. The number of Topliss-reactive ketones (excluding diaryl/α,β-unsaturated/α-hetero) is 1. The number of nitrogens with one attached hydrogen (secondary N) is 1. The molecule has 0 heterocycles. The molecule has 14 heavy (non-hydrogen) atoms. The summed E-state index contributed by atoms with van der Waals surface area (Å²) in [5.74, 6) is 0.149. The highest BCUT2D eigenvalue weighted by Gasteiger charge is 2.03. The minimum atomic E-state index is 0.149. The Bertz CT molecular complexity index is 228. The summed E-state index contributed by atoms with van der Waals surface area (Å²) in [7, 11) is 1.87. The van der Waals surface area contributed by atoms with Crippen LogP contribution in [0.3, 0.4) is 0 Å². The molecule has 2 heteroatoms. The third kappa shape index (κ3) is 4.85. The molecule has 0 saturated carbocycles. The van der Waals surface area contributed by atoms with Crippen LogP contribution in [0.5, 0.6) is 0 Å². The van der Waals surface area contributed by atoms with E-state index in [0.29, 0.717) is 12.0 Å². The van der Waals surface area contributed by atoms with Gasteiger partial charge in [0.1, 0.15) is 0 Å². The van der Waals surface area contributed by atoms with Crippen molar-refractivity contribution in [2.45, 2.75) is 39.5 Å². The molecule has 0 aliphatic rings. The average molecular weight is 195 g/mol. The monoisotopic (exact) mass is 195 g/mol. The highest BCUT2D eigenvalue weighted by molar-refractivity contribution is 5.97. The molecule has 0 rings (SSSR count). The molecule has 0 aromatic rings. The van der Waals surface area contributed by atoms with E-state index in [-0.39, 0.29) is 5.78 Å². The van der Waals surface area contributed by atoms with Gasteiger partial charge in [-0.1, -0.05) is 26.8 Å². The molecule has 0 atom stereocenters. The summed E-state index contributed by atoms with van der Waals surface area (Å²) in [6.45, 7) is 7.89. The smallest absolute Gasteiger partial charge is 0.162 e. The summed E-state index contributed by atoms with van der Waals surface area (Å²) in [5.41, 5.74) is 1.70. The van der Waals surface area contributed by atoms with Gasteiger partial charge in [-0.2, -0.15) is 0 Å². The second kappa shape index (κ2) is 7.36. The lowest BCUT2D eigenvalue weighted by Crippen LogP contribution is -2.08. The van der Waals surface area contributed by atoms with Crippen LogP contribution in [-0.2, 0) is 4.79 Å². The van der Waals surface area contributed by atoms with Gasteiger partial charge in [0.05, 0.1) is 0 Å². The number of hydrogen-bond acceptors (Lipinski definition) is 2. The Kier molecular flexibility index (Phi) is 6.81. The summed E-state index contributed by atoms with van der Waals surface area (Å²) in [6.07, 6.45) is 5.38. The van der Waals surface area contributed by atoms with Gasteiger partial charge in [0.25, 0.3) is 0 Å². The molecule has 0 aromatic heterocycles. The van der Waals surface area contributed by atoms with Crippen LogP contribution >= 0.6 is 0 Å². The Balaban J connectivity index is 4.30. The van der Waals surface area contributed by atoms with Crippen LogP contribution in [0.4, 0.5) is 0 Å². The quantitative estimate of drug-likeness (QED) is 0.500. The Hall–Kier alpha value is -1.05. The Labute approximate surface area is 87.1 Å². The van der Waals surface area contributed by atoms with Crippen molar-refractivity contribution in [3.8, 4) is 0 Å². The van der Waals surface area contributed by atoms with Crippen molar-refractivity contribution < 1.29 is 4.79 Å². The lowest BCUT2D eigenvalue weighted by Gasteiger charge is -2.05. The Morgan fingerprint density at radius 1 is 1.29 bits per heavy atom. The van der Waals surface area contributed by atoms with Crippen molar-refractivity contribution in [1.82, 2.24) is 5.32 Å². The Morgan fingerprint density at radius 3 is 2.29 bits per heavy atom. The second-order valence-electron chi connectivity index (χ2n) is 3.37. The van der Waals surface area contributed by atoms with Crippen molar-refractivity contribution >= 4 is 5.78 Å². The first-order valence-electron chi connectivity index (χ1n) is 5.26. The van der Waals surface area contributed by atoms with Crippen LogP contribution in [0, 0.1) is 0 Å². The number of ketones is 1. The third-order valence-corrected chi connectivity index (χ3v) is 2.02. The summed E-state index contributed by atoms with van der Waals surface area (Å²) < 4.78 is 0. The predicted molar refractivity (Wildman–Crippen MR) is 61.1 cm³/mol. The van der Waals surface area contributed by atoms with E-state index in [4.69, 9.17) is 0 Å². The number of hydrogen-bond donors (Lipinski definition) is 1. The number of rotatable bonds is 7.